The SMILES string of the molecule is O=C1Nc2ccc(S(=O)(=O)Nc3ccccc3)cc2/C1=C(/Nc1ccc(-c2c[nH]cn2)cc1)c1ccccc1. The molecule has 1 amide bonds. The van der Waals surface area contributed by atoms with Gasteiger partial charge in [-0.15, -0.1) is 0 Å². The highest BCUT2D eigenvalue weighted by Crippen LogP contribution is 2.39. The number of hydrogen-bond donors (Lipinski definition) is 4. The van der Waals surface area contributed by atoms with Gasteiger partial charge in [0.05, 0.1) is 28.2 Å². The number of anilines is 3. The molecule has 5 aromatic rings. The van der Waals surface area contributed by atoms with Crippen molar-refractivity contribution in [3.05, 3.63) is 127 Å². The molecule has 0 atom stereocenters. The molecular formula is C30H23N5O3S. The van der Waals surface area contributed by atoms with Crippen molar-refractivity contribution in [3.8, 4) is 11.3 Å². The topological polar surface area (TPSA) is 116 Å². The first-order chi connectivity index (χ1) is 19.0. The fourth-order valence-electron chi connectivity index (χ4n) is 4.45. The number of nitrogens with zero attached hydrogens (tertiary/aromatic N) is 1. The number of aromatic nitrogens is 2. The van der Waals surface area contributed by atoms with Crippen LogP contribution in [-0.2, 0) is 14.8 Å². The zero-order chi connectivity index (χ0) is 26.8. The number of fused-ring (bicyclic) bond motifs is 1. The van der Waals surface area contributed by atoms with Gasteiger partial charge in [0.15, 0.2) is 0 Å². The summed E-state index contributed by atoms with van der Waals surface area (Å²) >= 11 is 0. The number of benzene rings is 4. The van der Waals surface area contributed by atoms with Crippen molar-refractivity contribution >= 4 is 44.3 Å². The molecule has 0 radical (unpaired) electrons. The Bertz CT molecular complexity index is 1780. The van der Waals surface area contributed by atoms with E-state index in [1.165, 1.54) is 12.1 Å². The van der Waals surface area contributed by atoms with Crippen LogP contribution in [0.1, 0.15) is 11.1 Å². The van der Waals surface area contributed by atoms with E-state index in [0.717, 1.165) is 22.5 Å². The number of imidazole rings is 1. The van der Waals surface area contributed by atoms with Gasteiger partial charge < -0.3 is 15.6 Å². The molecule has 192 valence electrons. The van der Waals surface area contributed by atoms with Crippen LogP contribution in [0.2, 0.25) is 0 Å². The second-order valence-electron chi connectivity index (χ2n) is 8.91. The molecule has 1 aliphatic rings. The van der Waals surface area contributed by atoms with Crippen LogP contribution in [0.5, 0.6) is 0 Å². The summed E-state index contributed by atoms with van der Waals surface area (Å²) < 4.78 is 29.0. The molecule has 1 aliphatic heterocycles. The number of para-hydroxylation sites is 1. The standard InChI is InChI=1S/C30H23N5O3S/c36-30-28(25-17-24(15-16-26(25)34-30)39(37,38)35-23-9-5-2-6-10-23)29(21-7-3-1-4-8-21)33-22-13-11-20(12-14-22)27-18-31-19-32-27/h1-19,33,35H,(H,31,32)(H,34,36)/b29-28-. The van der Waals surface area contributed by atoms with E-state index < -0.39 is 10.0 Å². The Morgan fingerprint density at radius 2 is 1.51 bits per heavy atom. The molecule has 0 fully saturated rings. The maximum Gasteiger partial charge on any atom is 0.261 e. The summed E-state index contributed by atoms with van der Waals surface area (Å²) in [6.07, 6.45) is 3.44. The molecule has 4 aromatic carbocycles. The molecule has 0 aliphatic carbocycles. The van der Waals surface area contributed by atoms with E-state index in [0.29, 0.717) is 28.2 Å². The monoisotopic (exact) mass is 533 g/mol. The molecule has 0 unspecified atom stereocenters. The minimum absolute atomic E-state index is 0.0508. The van der Waals surface area contributed by atoms with E-state index in [4.69, 9.17) is 0 Å². The lowest BCUT2D eigenvalue weighted by molar-refractivity contribution is -0.110. The van der Waals surface area contributed by atoms with E-state index in [9.17, 15) is 13.2 Å². The minimum atomic E-state index is -3.89. The number of carbonyl (C=O) groups is 1. The number of nitrogens with one attached hydrogen (secondary N) is 4. The average molecular weight is 534 g/mol. The lowest BCUT2D eigenvalue weighted by Gasteiger charge is -2.15. The van der Waals surface area contributed by atoms with Gasteiger partial charge in [-0.2, -0.15) is 0 Å². The largest absolute Gasteiger partial charge is 0.354 e. The molecule has 0 saturated carbocycles. The molecule has 9 heteroatoms. The number of rotatable bonds is 7. The van der Waals surface area contributed by atoms with E-state index in [1.807, 2.05) is 66.9 Å². The predicted octanol–water partition coefficient (Wildman–Crippen LogP) is 5.81. The first-order valence-electron chi connectivity index (χ1n) is 12.2. The summed E-state index contributed by atoms with van der Waals surface area (Å²) in [7, 11) is -3.89. The van der Waals surface area contributed by atoms with Gasteiger partial charge in [0.1, 0.15) is 0 Å². The van der Waals surface area contributed by atoms with Crippen LogP contribution >= 0.6 is 0 Å². The summed E-state index contributed by atoms with van der Waals surface area (Å²) in [6, 6.07) is 30.5. The van der Waals surface area contributed by atoms with Crippen LogP contribution in [0.15, 0.2) is 121 Å². The Morgan fingerprint density at radius 1 is 0.795 bits per heavy atom. The number of H-pyrrole nitrogens is 1. The van der Waals surface area contributed by atoms with Crippen LogP contribution in [0.25, 0.3) is 22.5 Å². The van der Waals surface area contributed by atoms with Gasteiger partial charge in [0.25, 0.3) is 15.9 Å². The number of amides is 1. The second kappa shape index (κ2) is 9.96. The van der Waals surface area contributed by atoms with Crippen molar-refractivity contribution in [3.63, 3.8) is 0 Å². The van der Waals surface area contributed by atoms with Crippen molar-refractivity contribution in [2.45, 2.75) is 4.90 Å². The maximum absolute atomic E-state index is 13.3. The first-order valence-corrected chi connectivity index (χ1v) is 13.7. The molecule has 39 heavy (non-hydrogen) atoms. The van der Waals surface area contributed by atoms with E-state index in [-0.39, 0.29) is 10.8 Å². The third-order valence-electron chi connectivity index (χ3n) is 6.33. The van der Waals surface area contributed by atoms with Crippen molar-refractivity contribution in [1.29, 1.82) is 0 Å². The molecule has 2 heterocycles. The van der Waals surface area contributed by atoms with E-state index in [2.05, 4.69) is 25.3 Å². The molecule has 0 saturated heterocycles. The normalized spacial score (nSPS) is 13.9. The van der Waals surface area contributed by atoms with Gasteiger partial charge in [0.2, 0.25) is 0 Å². The third-order valence-corrected chi connectivity index (χ3v) is 7.71. The second-order valence-corrected chi connectivity index (χ2v) is 10.6. The van der Waals surface area contributed by atoms with Crippen LogP contribution in [0, 0.1) is 0 Å². The summed E-state index contributed by atoms with van der Waals surface area (Å²) in [5.41, 5.74) is 5.71. The van der Waals surface area contributed by atoms with Gasteiger partial charge in [-0.3, -0.25) is 9.52 Å². The molecular weight excluding hydrogens is 510 g/mol. The summed E-state index contributed by atoms with van der Waals surface area (Å²) in [5, 5.41) is 6.28. The zero-order valence-electron chi connectivity index (χ0n) is 20.5. The Kier molecular flexibility index (Phi) is 6.18. The van der Waals surface area contributed by atoms with Gasteiger partial charge >= 0.3 is 0 Å². The number of carbonyl (C=O) groups excluding carboxylic acids is 1. The molecule has 4 N–H and O–H groups in total. The van der Waals surface area contributed by atoms with Crippen LogP contribution < -0.4 is 15.4 Å². The summed E-state index contributed by atoms with van der Waals surface area (Å²) in [6.45, 7) is 0. The smallest absolute Gasteiger partial charge is 0.261 e. The summed E-state index contributed by atoms with van der Waals surface area (Å²) in [5.74, 6) is -0.324. The minimum Gasteiger partial charge on any atom is -0.354 e. The van der Waals surface area contributed by atoms with Gasteiger partial charge in [-0.25, -0.2) is 13.4 Å². The Labute approximate surface area is 225 Å². The van der Waals surface area contributed by atoms with Crippen LogP contribution in [0.4, 0.5) is 17.1 Å². The molecule has 0 spiro atoms. The fraction of sp³-hybridized carbons (Fsp3) is 0. The summed E-state index contributed by atoms with van der Waals surface area (Å²) in [4.78, 5) is 20.6. The lowest BCUT2D eigenvalue weighted by atomic mass is 10.00. The quantitative estimate of drug-likeness (QED) is 0.197. The number of hydrogen-bond acceptors (Lipinski definition) is 5. The first kappa shape index (κ1) is 24.2. The van der Waals surface area contributed by atoms with Crippen molar-refractivity contribution in [2.75, 3.05) is 15.4 Å². The number of aromatic amines is 1. The van der Waals surface area contributed by atoms with Crippen LogP contribution in [0.3, 0.4) is 0 Å². The maximum atomic E-state index is 13.3. The lowest BCUT2D eigenvalue weighted by Crippen LogP contribution is -2.13. The van der Waals surface area contributed by atoms with Gasteiger partial charge in [-0.05, 0) is 48.0 Å². The third kappa shape index (κ3) is 4.90. The molecule has 1 aromatic heterocycles. The van der Waals surface area contributed by atoms with Crippen molar-refractivity contribution < 1.29 is 13.2 Å². The molecule has 8 nitrogen and oxygen atoms in total. The molecule has 0 bridgehead atoms. The van der Waals surface area contributed by atoms with Gasteiger partial charge in [0, 0.05) is 34.4 Å². The fourth-order valence-corrected chi connectivity index (χ4v) is 5.54. The zero-order valence-corrected chi connectivity index (χ0v) is 21.4. The molecule has 6 rings (SSSR count). The van der Waals surface area contributed by atoms with E-state index >= 15 is 0 Å². The highest BCUT2D eigenvalue weighted by molar-refractivity contribution is 7.92. The van der Waals surface area contributed by atoms with E-state index in [1.54, 1.807) is 36.7 Å². The van der Waals surface area contributed by atoms with Gasteiger partial charge in [-0.1, -0.05) is 60.7 Å². The predicted molar refractivity (Wildman–Crippen MR) is 153 cm³/mol. The highest BCUT2D eigenvalue weighted by atomic mass is 32.2. The Morgan fingerprint density at radius 3 is 2.21 bits per heavy atom. The Balaban J connectivity index is 1.42. The average Bonchev–Trinajstić information content (AvgIpc) is 3.60. The Hall–Kier alpha value is -5.15. The van der Waals surface area contributed by atoms with Crippen molar-refractivity contribution in [2.24, 2.45) is 0 Å². The van der Waals surface area contributed by atoms with Crippen LogP contribution in [-0.4, -0.2) is 24.3 Å². The highest BCUT2D eigenvalue weighted by Gasteiger charge is 2.30. The number of sulfonamides is 1. The van der Waals surface area contributed by atoms with Crippen molar-refractivity contribution in [1.82, 2.24) is 9.97 Å².